The van der Waals surface area contributed by atoms with Crippen LogP contribution in [0.3, 0.4) is 0 Å². The van der Waals surface area contributed by atoms with E-state index in [9.17, 15) is 9.59 Å². The molecule has 1 aromatic rings. The van der Waals surface area contributed by atoms with Crippen LogP contribution in [0.1, 0.15) is 31.2 Å². The van der Waals surface area contributed by atoms with E-state index >= 15 is 0 Å². The number of carbonyl (C=O) groups is 2. The zero-order valence-corrected chi connectivity index (χ0v) is 10.1. The Hall–Kier alpha value is -1.84. The lowest BCUT2D eigenvalue weighted by molar-refractivity contribution is -0.126. The molecule has 1 aliphatic heterocycles. The van der Waals surface area contributed by atoms with Crippen molar-refractivity contribution in [1.29, 1.82) is 0 Å². The van der Waals surface area contributed by atoms with E-state index in [1.54, 1.807) is 0 Å². The summed E-state index contributed by atoms with van der Waals surface area (Å²) in [5.41, 5.74) is 0.966. The summed E-state index contributed by atoms with van der Waals surface area (Å²) in [4.78, 5) is 23.2. The Morgan fingerprint density at radius 1 is 1.28 bits per heavy atom. The summed E-state index contributed by atoms with van der Waals surface area (Å²) < 4.78 is 0. The molecular formula is C14H16N2O2. The molecule has 1 aliphatic carbocycles. The predicted molar refractivity (Wildman–Crippen MR) is 66.7 cm³/mol. The monoisotopic (exact) mass is 244 g/mol. The molecule has 3 rings (SSSR count). The van der Waals surface area contributed by atoms with E-state index in [2.05, 4.69) is 10.6 Å². The topological polar surface area (TPSA) is 58.2 Å². The summed E-state index contributed by atoms with van der Waals surface area (Å²) in [6.45, 7) is 0. The first-order valence-electron chi connectivity index (χ1n) is 6.37. The van der Waals surface area contributed by atoms with E-state index in [0.29, 0.717) is 12.8 Å². The molecule has 2 fully saturated rings. The van der Waals surface area contributed by atoms with Gasteiger partial charge in [0.1, 0.15) is 6.04 Å². The molecule has 0 aromatic heterocycles. The van der Waals surface area contributed by atoms with Crippen LogP contribution in [0.15, 0.2) is 30.3 Å². The first kappa shape index (κ1) is 11.3. The molecule has 1 unspecified atom stereocenters. The number of hydrogen-bond acceptors (Lipinski definition) is 2. The Morgan fingerprint density at radius 2 is 2.00 bits per heavy atom. The molecule has 2 N–H and O–H groups in total. The van der Waals surface area contributed by atoms with Crippen LogP contribution in [0.2, 0.25) is 0 Å². The zero-order valence-electron chi connectivity index (χ0n) is 10.1. The Labute approximate surface area is 106 Å². The normalized spacial score (nSPS) is 24.4. The maximum atomic E-state index is 12.1. The smallest absolute Gasteiger partial charge is 0.243 e. The number of rotatable bonds is 3. The highest BCUT2D eigenvalue weighted by Crippen LogP contribution is 2.45. The van der Waals surface area contributed by atoms with Crippen LogP contribution in [0.5, 0.6) is 0 Å². The van der Waals surface area contributed by atoms with Gasteiger partial charge in [-0.2, -0.15) is 0 Å². The molecule has 4 nitrogen and oxygen atoms in total. The number of carbonyl (C=O) groups excluding carboxylic acids is 2. The van der Waals surface area contributed by atoms with Gasteiger partial charge in [-0.15, -0.1) is 0 Å². The van der Waals surface area contributed by atoms with Gasteiger partial charge in [-0.25, -0.2) is 0 Å². The fraction of sp³-hybridized carbons (Fsp3) is 0.429. The minimum Gasteiger partial charge on any atom is -0.345 e. The fourth-order valence-corrected chi connectivity index (χ4v) is 2.50. The maximum absolute atomic E-state index is 12.1. The van der Waals surface area contributed by atoms with Gasteiger partial charge in [-0.1, -0.05) is 30.3 Å². The van der Waals surface area contributed by atoms with Crippen LogP contribution < -0.4 is 10.6 Å². The zero-order chi connectivity index (χ0) is 12.6. The van der Waals surface area contributed by atoms with Gasteiger partial charge in [-0.05, 0) is 24.8 Å². The van der Waals surface area contributed by atoms with Gasteiger partial charge >= 0.3 is 0 Å². The molecule has 4 heteroatoms. The molecule has 0 bridgehead atoms. The first-order valence-corrected chi connectivity index (χ1v) is 6.37. The summed E-state index contributed by atoms with van der Waals surface area (Å²) in [6.07, 6.45) is 3.01. The molecule has 0 spiro atoms. The van der Waals surface area contributed by atoms with E-state index in [4.69, 9.17) is 0 Å². The van der Waals surface area contributed by atoms with Crippen molar-refractivity contribution in [3.8, 4) is 0 Å². The fourth-order valence-electron chi connectivity index (χ4n) is 2.50. The van der Waals surface area contributed by atoms with Crippen LogP contribution in [0.25, 0.3) is 0 Å². The lowest BCUT2D eigenvalue weighted by Gasteiger charge is -2.20. The molecule has 0 radical (unpaired) electrons. The minimum atomic E-state index is -0.348. The standard InChI is InChI=1S/C14H16N2O2/c17-12-7-6-11(15-12)13(18)16-14(8-9-14)10-4-2-1-3-5-10/h1-5,11H,6-9H2,(H,15,17)(H,16,18). The van der Waals surface area contributed by atoms with E-state index in [0.717, 1.165) is 18.4 Å². The third-order valence-corrected chi connectivity index (χ3v) is 3.75. The van der Waals surface area contributed by atoms with Crippen LogP contribution in [0.4, 0.5) is 0 Å². The van der Waals surface area contributed by atoms with Gasteiger partial charge in [0.25, 0.3) is 0 Å². The lowest BCUT2D eigenvalue weighted by Crippen LogP contribution is -2.46. The quantitative estimate of drug-likeness (QED) is 0.835. The molecule has 1 saturated carbocycles. The molecule has 2 amide bonds. The molecular weight excluding hydrogens is 228 g/mol. The molecule has 1 aromatic carbocycles. The number of amides is 2. The van der Waals surface area contributed by atoms with Gasteiger partial charge in [0, 0.05) is 6.42 Å². The predicted octanol–water partition coefficient (Wildman–Crippen LogP) is 1.07. The van der Waals surface area contributed by atoms with E-state index < -0.39 is 0 Å². The molecule has 2 aliphatic rings. The second-order valence-electron chi connectivity index (χ2n) is 5.10. The average Bonchev–Trinajstić information content (AvgIpc) is 3.04. The van der Waals surface area contributed by atoms with Crippen molar-refractivity contribution in [3.05, 3.63) is 35.9 Å². The Bertz CT molecular complexity index is 480. The van der Waals surface area contributed by atoms with Crippen molar-refractivity contribution in [3.63, 3.8) is 0 Å². The second-order valence-corrected chi connectivity index (χ2v) is 5.10. The summed E-state index contributed by atoms with van der Waals surface area (Å²) >= 11 is 0. The minimum absolute atomic E-state index is 0.0280. The third-order valence-electron chi connectivity index (χ3n) is 3.75. The second kappa shape index (κ2) is 4.12. The van der Waals surface area contributed by atoms with Gasteiger partial charge in [-0.3, -0.25) is 9.59 Å². The highest BCUT2D eigenvalue weighted by molar-refractivity contribution is 5.91. The summed E-state index contributed by atoms with van der Waals surface area (Å²) in [6, 6.07) is 9.68. The first-order chi connectivity index (χ1) is 8.70. The van der Waals surface area contributed by atoms with Crippen molar-refractivity contribution in [1.82, 2.24) is 10.6 Å². The molecule has 1 atom stereocenters. The van der Waals surface area contributed by atoms with Crippen molar-refractivity contribution < 1.29 is 9.59 Å². The number of benzene rings is 1. The number of hydrogen-bond donors (Lipinski definition) is 2. The van der Waals surface area contributed by atoms with Gasteiger partial charge in [0.15, 0.2) is 0 Å². The summed E-state index contributed by atoms with van der Waals surface area (Å²) in [5.74, 6) is -0.0816. The van der Waals surface area contributed by atoms with Crippen LogP contribution in [-0.4, -0.2) is 17.9 Å². The van der Waals surface area contributed by atoms with Gasteiger partial charge < -0.3 is 10.6 Å². The SMILES string of the molecule is O=C1CCC(C(=O)NC2(c3ccccc3)CC2)N1. The van der Waals surface area contributed by atoms with Gasteiger partial charge in [0.05, 0.1) is 5.54 Å². The van der Waals surface area contributed by atoms with E-state index in [1.807, 2.05) is 30.3 Å². The third kappa shape index (κ3) is 1.98. The molecule has 18 heavy (non-hydrogen) atoms. The Balaban J connectivity index is 1.69. The summed E-state index contributed by atoms with van der Waals surface area (Å²) in [5, 5.41) is 5.80. The average molecular weight is 244 g/mol. The van der Waals surface area contributed by atoms with Crippen molar-refractivity contribution in [2.45, 2.75) is 37.3 Å². The Kier molecular flexibility index (Phi) is 2.58. The Morgan fingerprint density at radius 3 is 2.56 bits per heavy atom. The maximum Gasteiger partial charge on any atom is 0.243 e. The molecule has 1 saturated heterocycles. The number of nitrogens with one attached hydrogen (secondary N) is 2. The van der Waals surface area contributed by atoms with Crippen molar-refractivity contribution in [2.24, 2.45) is 0 Å². The van der Waals surface area contributed by atoms with Crippen LogP contribution in [-0.2, 0) is 15.1 Å². The van der Waals surface area contributed by atoms with Crippen molar-refractivity contribution >= 4 is 11.8 Å². The summed E-state index contributed by atoms with van der Waals surface area (Å²) in [7, 11) is 0. The van der Waals surface area contributed by atoms with Gasteiger partial charge in [0.2, 0.25) is 11.8 Å². The molecule has 1 heterocycles. The molecule has 94 valence electrons. The lowest BCUT2D eigenvalue weighted by atomic mass is 10.0. The van der Waals surface area contributed by atoms with Crippen molar-refractivity contribution in [2.75, 3.05) is 0 Å². The highest BCUT2D eigenvalue weighted by atomic mass is 16.2. The van der Waals surface area contributed by atoms with Crippen LogP contribution >= 0.6 is 0 Å². The highest BCUT2D eigenvalue weighted by Gasteiger charge is 2.46. The van der Waals surface area contributed by atoms with E-state index in [1.165, 1.54) is 0 Å². The van der Waals surface area contributed by atoms with E-state index in [-0.39, 0.29) is 23.4 Å². The van der Waals surface area contributed by atoms with Crippen LogP contribution in [0, 0.1) is 0 Å². The largest absolute Gasteiger partial charge is 0.345 e.